The van der Waals surface area contributed by atoms with Crippen molar-refractivity contribution in [3.63, 3.8) is 0 Å². The molecule has 3 aromatic heterocycles. The SMILES string of the molecule is Nc1cc(-c2nccs2)nc(-c2ccc(N3CCCC3)cn2)c1Br. The zero-order valence-electron chi connectivity index (χ0n) is 12.9. The van der Waals surface area contributed by atoms with Crippen LogP contribution in [0.2, 0.25) is 0 Å². The van der Waals surface area contributed by atoms with Crippen LogP contribution in [0, 0.1) is 0 Å². The van der Waals surface area contributed by atoms with E-state index < -0.39 is 0 Å². The minimum absolute atomic E-state index is 0.635. The molecule has 0 atom stereocenters. The lowest BCUT2D eigenvalue weighted by atomic mass is 10.2. The van der Waals surface area contributed by atoms with Crippen molar-refractivity contribution < 1.29 is 0 Å². The van der Waals surface area contributed by atoms with Crippen molar-refractivity contribution in [2.45, 2.75) is 12.8 Å². The number of nitrogens with two attached hydrogens (primary N) is 1. The number of rotatable bonds is 3. The van der Waals surface area contributed by atoms with E-state index in [1.807, 2.05) is 23.7 Å². The molecule has 0 unspecified atom stereocenters. The molecular weight excluding hydrogens is 386 g/mol. The summed E-state index contributed by atoms with van der Waals surface area (Å²) in [5.74, 6) is 0. The lowest BCUT2D eigenvalue weighted by Crippen LogP contribution is -2.17. The highest BCUT2D eigenvalue weighted by atomic mass is 79.9. The molecule has 0 saturated carbocycles. The summed E-state index contributed by atoms with van der Waals surface area (Å²) < 4.78 is 0.768. The number of thiazole rings is 1. The smallest absolute Gasteiger partial charge is 0.141 e. The van der Waals surface area contributed by atoms with Gasteiger partial charge in [0.15, 0.2) is 0 Å². The molecule has 3 aromatic rings. The van der Waals surface area contributed by atoms with Gasteiger partial charge in [0, 0.05) is 24.7 Å². The maximum absolute atomic E-state index is 6.15. The Labute approximate surface area is 152 Å². The average molecular weight is 402 g/mol. The highest BCUT2D eigenvalue weighted by Gasteiger charge is 2.16. The molecule has 4 rings (SSSR count). The second kappa shape index (κ2) is 6.49. The van der Waals surface area contributed by atoms with Crippen LogP contribution in [0.1, 0.15) is 12.8 Å². The zero-order chi connectivity index (χ0) is 16.5. The molecule has 0 spiro atoms. The number of anilines is 2. The summed E-state index contributed by atoms with van der Waals surface area (Å²) in [6.07, 6.45) is 6.19. The molecule has 2 N–H and O–H groups in total. The van der Waals surface area contributed by atoms with E-state index in [-0.39, 0.29) is 0 Å². The fourth-order valence-electron chi connectivity index (χ4n) is 2.87. The van der Waals surface area contributed by atoms with Gasteiger partial charge in [-0.05, 0) is 47.0 Å². The number of hydrogen-bond acceptors (Lipinski definition) is 6. The fourth-order valence-corrected chi connectivity index (χ4v) is 3.87. The third-order valence-corrected chi connectivity index (χ3v) is 5.73. The van der Waals surface area contributed by atoms with Gasteiger partial charge in [-0.2, -0.15) is 0 Å². The van der Waals surface area contributed by atoms with Gasteiger partial charge in [0.25, 0.3) is 0 Å². The first-order chi connectivity index (χ1) is 11.7. The van der Waals surface area contributed by atoms with Crippen molar-refractivity contribution in [3.05, 3.63) is 40.4 Å². The zero-order valence-corrected chi connectivity index (χ0v) is 15.3. The summed E-state index contributed by atoms with van der Waals surface area (Å²) in [7, 11) is 0. The van der Waals surface area contributed by atoms with Gasteiger partial charge in [-0.15, -0.1) is 11.3 Å². The third kappa shape index (κ3) is 2.89. The summed E-state index contributed by atoms with van der Waals surface area (Å²) >= 11 is 5.09. The number of aromatic nitrogens is 3. The molecule has 5 nitrogen and oxygen atoms in total. The number of hydrogen-bond donors (Lipinski definition) is 1. The van der Waals surface area contributed by atoms with Crippen molar-refractivity contribution in [2.24, 2.45) is 0 Å². The molecule has 0 aromatic carbocycles. The van der Waals surface area contributed by atoms with Gasteiger partial charge >= 0.3 is 0 Å². The fraction of sp³-hybridized carbons (Fsp3) is 0.235. The Hall–Kier alpha value is -1.99. The Balaban J connectivity index is 1.72. The van der Waals surface area contributed by atoms with E-state index >= 15 is 0 Å². The second-order valence-electron chi connectivity index (χ2n) is 5.69. The molecule has 1 aliphatic rings. The van der Waals surface area contributed by atoms with Crippen molar-refractivity contribution in [1.29, 1.82) is 0 Å². The molecule has 24 heavy (non-hydrogen) atoms. The Bertz CT molecular complexity index is 842. The van der Waals surface area contributed by atoms with E-state index in [0.717, 1.165) is 45.3 Å². The largest absolute Gasteiger partial charge is 0.398 e. The maximum atomic E-state index is 6.15. The molecule has 4 heterocycles. The number of halogens is 1. The van der Waals surface area contributed by atoms with E-state index in [1.54, 1.807) is 17.5 Å². The van der Waals surface area contributed by atoms with Gasteiger partial charge in [0.05, 0.1) is 27.7 Å². The molecular formula is C17H16BrN5S. The van der Waals surface area contributed by atoms with Crippen LogP contribution in [-0.2, 0) is 0 Å². The van der Waals surface area contributed by atoms with Crippen molar-refractivity contribution in [3.8, 4) is 22.1 Å². The van der Waals surface area contributed by atoms with Gasteiger partial charge in [-0.25, -0.2) is 9.97 Å². The first-order valence-electron chi connectivity index (χ1n) is 7.79. The van der Waals surface area contributed by atoms with Gasteiger partial charge in [0.1, 0.15) is 16.4 Å². The van der Waals surface area contributed by atoms with Crippen molar-refractivity contribution >= 4 is 38.6 Å². The second-order valence-corrected chi connectivity index (χ2v) is 7.38. The van der Waals surface area contributed by atoms with Gasteiger partial charge in [-0.1, -0.05) is 0 Å². The summed E-state index contributed by atoms with van der Waals surface area (Å²) in [4.78, 5) is 16.0. The summed E-state index contributed by atoms with van der Waals surface area (Å²) in [6.45, 7) is 2.21. The molecule has 0 aliphatic carbocycles. The van der Waals surface area contributed by atoms with E-state index in [2.05, 4.69) is 36.9 Å². The third-order valence-electron chi connectivity index (χ3n) is 4.10. The molecule has 0 bridgehead atoms. The average Bonchev–Trinajstić information content (AvgIpc) is 3.31. The van der Waals surface area contributed by atoms with Crippen LogP contribution in [-0.4, -0.2) is 28.0 Å². The standard InChI is InChI=1S/C17H16BrN5S/c18-15-12(19)9-14(17-20-5-8-24-17)22-16(15)13-4-3-11(10-21-13)23-6-1-2-7-23/h3-5,8-10H,1-2,6-7H2,(H2,19,22). The molecule has 0 amide bonds. The first kappa shape index (κ1) is 15.5. The van der Waals surface area contributed by atoms with Gasteiger partial charge in [0.2, 0.25) is 0 Å². The van der Waals surface area contributed by atoms with Crippen LogP contribution in [0.25, 0.3) is 22.1 Å². The van der Waals surface area contributed by atoms with Gasteiger partial charge in [-0.3, -0.25) is 4.98 Å². The van der Waals surface area contributed by atoms with Crippen LogP contribution >= 0.6 is 27.3 Å². The topological polar surface area (TPSA) is 67.9 Å². The Kier molecular flexibility index (Phi) is 4.20. The minimum Gasteiger partial charge on any atom is -0.398 e. The predicted octanol–water partition coefficient (Wildman–Crippen LogP) is 4.21. The number of pyridine rings is 2. The predicted molar refractivity (Wildman–Crippen MR) is 102 cm³/mol. The molecule has 1 saturated heterocycles. The summed E-state index contributed by atoms with van der Waals surface area (Å²) in [6, 6.07) is 5.95. The first-order valence-corrected chi connectivity index (χ1v) is 9.47. The summed E-state index contributed by atoms with van der Waals surface area (Å²) in [5, 5.41) is 2.78. The molecule has 0 radical (unpaired) electrons. The number of nitrogens with zero attached hydrogens (tertiary/aromatic N) is 4. The molecule has 122 valence electrons. The maximum Gasteiger partial charge on any atom is 0.141 e. The monoisotopic (exact) mass is 401 g/mol. The van der Waals surface area contributed by atoms with Crippen molar-refractivity contribution in [1.82, 2.24) is 15.0 Å². The van der Waals surface area contributed by atoms with E-state index in [1.165, 1.54) is 12.8 Å². The van der Waals surface area contributed by atoms with Gasteiger partial charge < -0.3 is 10.6 Å². The Morgan fingerprint density at radius 2 is 1.96 bits per heavy atom. The van der Waals surface area contributed by atoms with Crippen LogP contribution in [0.15, 0.2) is 40.4 Å². The van der Waals surface area contributed by atoms with Crippen LogP contribution in [0.5, 0.6) is 0 Å². The van der Waals surface area contributed by atoms with Crippen LogP contribution in [0.3, 0.4) is 0 Å². The normalized spacial score (nSPS) is 14.3. The summed E-state index contributed by atoms with van der Waals surface area (Å²) in [5.41, 5.74) is 10.3. The van der Waals surface area contributed by atoms with E-state index in [4.69, 9.17) is 10.7 Å². The highest BCUT2D eigenvalue weighted by molar-refractivity contribution is 9.10. The Morgan fingerprint density at radius 3 is 2.62 bits per heavy atom. The molecule has 1 fully saturated rings. The van der Waals surface area contributed by atoms with E-state index in [0.29, 0.717) is 5.69 Å². The lowest BCUT2D eigenvalue weighted by Gasteiger charge is -2.17. The molecule has 1 aliphatic heterocycles. The van der Waals surface area contributed by atoms with E-state index in [9.17, 15) is 0 Å². The highest BCUT2D eigenvalue weighted by Crippen LogP contribution is 2.34. The quantitative estimate of drug-likeness (QED) is 0.711. The van der Waals surface area contributed by atoms with Crippen LogP contribution < -0.4 is 10.6 Å². The van der Waals surface area contributed by atoms with Crippen molar-refractivity contribution in [2.75, 3.05) is 23.7 Å². The van der Waals surface area contributed by atoms with Crippen LogP contribution in [0.4, 0.5) is 11.4 Å². The number of nitrogen functional groups attached to an aromatic ring is 1. The minimum atomic E-state index is 0.635. The Morgan fingerprint density at radius 1 is 1.12 bits per heavy atom. The lowest BCUT2D eigenvalue weighted by molar-refractivity contribution is 0.949. The molecule has 7 heteroatoms.